The number of amides is 2. The predicted molar refractivity (Wildman–Crippen MR) is 93.3 cm³/mol. The van der Waals surface area contributed by atoms with Gasteiger partial charge in [-0.15, -0.1) is 0 Å². The van der Waals surface area contributed by atoms with Crippen molar-refractivity contribution in [3.8, 4) is 0 Å². The highest BCUT2D eigenvalue weighted by molar-refractivity contribution is 9.10. The van der Waals surface area contributed by atoms with Crippen LogP contribution in [0.4, 0.5) is 15.3 Å². The highest BCUT2D eigenvalue weighted by atomic mass is 79.9. The summed E-state index contributed by atoms with van der Waals surface area (Å²) in [6.45, 7) is 2.04. The number of hydrogen-bond acceptors (Lipinski definition) is 3. The monoisotopic (exact) mass is 396 g/mol. The van der Waals surface area contributed by atoms with Crippen molar-refractivity contribution in [2.75, 3.05) is 11.9 Å². The van der Waals surface area contributed by atoms with Crippen LogP contribution in [0.25, 0.3) is 0 Å². The lowest BCUT2D eigenvalue weighted by molar-refractivity contribution is 0.0110. The second kappa shape index (κ2) is 6.63. The number of fused-ring (bicyclic) bond motifs is 2. The van der Waals surface area contributed by atoms with Gasteiger partial charge in [0, 0.05) is 10.5 Å². The molecule has 2 saturated heterocycles. The van der Waals surface area contributed by atoms with E-state index in [0.717, 1.165) is 42.1 Å². The average Bonchev–Trinajstić information content (AvgIpc) is 2.76. The van der Waals surface area contributed by atoms with Gasteiger partial charge >= 0.3 is 12.2 Å². The van der Waals surface area contributed by atoms with Gasteiger partial charge in [0.05, 0.1) is 11.2 Å². The second-order valence-electron chi connectivity index (χ2n) is 6.65. The number of halogens is 1. The van der Waals surface area contributed by atoms with Crippen molar-refractivity contribution in [2.24, 2.45) is 0 Å². The summed E-state index contributed by atoms with van der Waals surface area (Å²) in [5.41, 5.74) is 1.10. The van der Waals surface area contributed by atoms with Crippen molar-refractivity contribution < 1.29 is 19.4 Å². The standard InChI is InChI=1S/C17H21BrN2O4/c1-11-4-5-13(18)14(9-11)19-15(21)24-10-17-7-2-3-12(6-8-17)20(17)16(22)23/h4-5,9,12H,2-3,6-8,10H2,1H3,(H,19,21)(H,22,23). The molecular formula is C17H21BrN2O4. The van der Waals surface area contributed by atoms with Crippen LogP contribution in [0.2, 0.25) is 0 Å². The molecule has 2 unspecified atom stereocenters. The van der Waals surface area contributed by atoms with E-state index in [1.54, 1.807) is 0 Å². The molecule has 2 atom stereocenters. The highest BCUT2D eigenvalue weighted by Crippen LogP contribution is 2.44. The van der Waals surface area contributed by atoms with E-state index < -0.39 is 17.7 Å². The summed E-state index contributed by atoms with van der Waals surface area (Å²) in [5, 5.41) is 12.2. The summed E-state index contributed by atoms with van der Waals surface area (Å²) in [6.07, 6.45) is 2.75. The first-order chi connectivity index (χ1) is 11.4. The Labute approximate surface area is 149 Å². The van der Waals surface area contributed by atoms with E-state index in [4.69, 9.17) is 4.74 Å². The van der Waals surface area contributed by atoms with Crippen LogP contribution in [0.5, 0.6) is 0 Å². The van der Waals surface area contributed by atoms with Gasteiger partial charge in [0.15, 0.2) is 0 Å². The molecule has 2 aliphatic rings. The van der Waals surface area contributed by atoms with Crippen molar-refractivity contribution in [3.63, 3.8) is 0 Å². The number of nitrogens with one attached hydrogen (secondary N) is 1. The molecule has 130 valence electrons. The molecule has 0 aromatic heterocycles. The fourth-order valence-corrected chi connectivity index (χ4v) is 4.26. The number of carbonyl (C=O) groups is 2. The molecule has 2 N–H and O–H groups in total. The first-order valence-electron chi connectivity index (χ1n) is 8.13. The molecule has 2 bridgehead atoms. The summed E-state index contributed by atoms with van der Waals surface area (Å²) in [5.74, 6) is 0. The summed E-state index contributed by atoms with van der Waals surface area (Å²) in [6, 6.07) is 5.71. The molecule has 2 fully saturated rings. The second-order valence-corrected chi connectivity index (χ2v) is 7.50. The Morgan fingerprint density at radius 3 is 2.96 bits per heavy atom. The maximum Gasteiger partial charge on any atom is 0.411 e. The number of aryl methyl sites for hydroxylation is 1. The van der Waals surface area contributed by atoms with E-state index in [9.17, 15) is 14.7 Å². The molecule has 1 aromatic carbocycles. The minimum absolute atomic E-state index is 0.0637. The maximum atomic E-state index is 12.1. The van der Waals surface area contributed by atoms with Crippen molar-refractivity contribution >= 4 is 33.8 Å². The third-order valence-corrected chi connectivity index (χ3v) is 5.73. The number of rotatable bonds is 3. The largest absolute Gasteiger partial charge is 0.465 e. The fraction of sp³-hybridized carbons (Fsp3) is 0.529. The van der Waals surface area contributed by atoms with Crippen molar-refractivity contribution in [1.29, 1.82) is 0 Å². The average molecular weight is 397 g/mol. The lowest BCUT2D eigenvalue weighted by Gasteiger charge is -2.42. The third kappa shape index (κ3) is 3.22. The first kappa shape index (κ1) is 17.1. The number of carbonyl (C=O) groups excluding carboxylic acids is 1. The van der Waals surface area contributed by atoms with Gasteiger partial charge in [0.1, 0.15) is 6.61 Å². The molecule has 0 radical (unpaired) electrons. The molecule has 6 nitrogen and oxygen atoms in total. The molecule has 2 heterocycles. The van der Waals surface area contributed by atoms with Crippen molar-refractivity contribution in [3.05, 3.63) is 28.2 Å². The summed E-state index contributed by atoms with van der Waals surface area (Å²) >= 11 is 3.39. The van der Waals surface area contributed by atoms with E-state index in [1.807, 2.05) is 25.1 Å². The van der Waals surface area contributed by atoms with Crippen LogP contribution in [0.15, 0.2) is 22.7 Å². The van der Waals surface area contributed by atoms with E-state index in [0.29, 0.717) is 5.69 Å². The molecule has 1 aromatic rings. The van der Waals surface area contributed by atoms with E-state index >= 15 is 0 Å². The number of benzene rings is 1. The van der Waals surface area contributed by atoms with Gasteiger partial charge in [0.2, 0.25) is 0 Å². The zero-order valence-corrected chi connectivity index (χ0v) is 15.1. The molecular weight excluding hydrogens is 376 g/mol. The lowest BCUT2D eigenvalue weighted by atomic mass is 9.89. The molecule has 24 heavy (non-hydrogen) atoms. The van der Waals surface area contributed by atoms with Gasteiger partial charge in [-0.3, -0.25) is 10.2 Å². The van der Waals surface area contributed by atoms with Crippen LogP contribution in [-0.2, 0) is 4.74 Å². The topological polar surface area (TPSA) is 78.9 Å². The Morgan fingerprint density at radius 1 is 1.42 bits per heavy atom. The van der Waals surface area contributed by atoms with Gasteiger partial charge in [-0.05, 0) is 72.7 Å². The maximum absolute atomic E-state index is 12.1. The van der Waals surface area contributed by atoms with Crippen LogP contribution in [0, 0.1) is 6.92 Å². The number of piperidine rings is 1. The molecule has 2 amide bonds. The molecule has 2 aliphatic heterocycles. The summed E-state index contributed by atoms with van der Waals surface area (Å²) in [4.78, 5) is 25.3. The van der Waals surface area contributed by atoms with Crippen molar-refractivity contribution in [2.45, 2.75) is 50.6 Å². The van der Waals surface area contributed by atoms with Crippen LogP contribution in [0.3, 0.4) is 0 Å². The Morgan fingerprint density at radius 2 is 2.21 bits per heavy atom. The van der Waals surface area contributed by atoms with Crippen LogP contribution < -0.4 is 5.32 Å². The quantitative estimate of drug-likeness (QED) is 0.794. The molecule has 7 heteroatoms. The van der Waals surface area contributed by atoms with E-state index in [1.165, 1.54) is 4.90 Å². The minimum atomic E-state index is -0.914. The first-order valence-corrected chi connectivity index (χ1v) is 8.93. The van der Waals surface area contributed by atoms with Gasteiger partial charge in [0.25, 0.3) is 0 Å². The number of hydrogen-bond donors (Lipinski definition) is 2. The predicted octanol–water partition coefficient (Wildman–Crippen LogP) is 4.37. The summed E-state index contributed by atoms with van der Waals surface area (Å²) in [7, 11) is 0. The lowest BCUT2D eigenvalue weighted by Crippen LogP contribution is -2.55. The van der Waals surface area contributed by atoms with Gasteiger partial charge < -0.3 is 9.84 Å². The van der Waals surface area contributed by atoms with Crippen LogP contribution >= 0.6 is 15.9 Å². The zero-order chi connectivity index (χ0) is 17.3. The van der Waals surface area contributed by atoms with Crippen molar-refractivity contribution in [1.82, 2.24) is 4.90 Å². The smallest absolute Gasteiger partial charge is 0.411 e. The number of nitrogens with zero attached hydrogens (tertiary/aromatic N) is 1. The molecule has 0 aliphatic carbocycles. The SMILES string of the molecule is Cc1ccc(Br)c(NC(=O)OCC23CCCC(CC2)N3C(=O)O)c1. The van der Waals surface area contributed by atoms with E-state index in [-0.39, 0.29) is 12.6 Å². The molecule has 0 spiro atoms. The van der Waals surface area contributed by atoms with Crippen LogP contribution in [0.1, 0.15) is 37.7 Å². The number of carboxylic acid groups (broad SMARTS) is 1. The number of ether oxygens (including phenoxy) is 1. The van der Waals surface area contributed by atoms with Crippen LogP contribution in [-0.4, -0.2) is 40.4 Å². The van der Waals surface area contributed by atoms with Gasteiger partial charge in [-0.1, -0.05) is 6.07 Å². The number of anilines is 1. The molecule has 0 saturated carbocycles. The molecule has 3 rings (SSSR count). The Hall–Kier alpha value is -1.76. The Kier molecular flexibility index (Phi) is 4.71. The summed E-state index contributed by atoms with van der Waals surface area (Å²) < 4.78 is 6.18. The fourth-order valence-electron chi connectivity index (χ4n) is 3.91. The van der Waals surface area contributed by atoms with Gasteiger partial charge in [-0.2, -0.15) is 0 Å². The van der Waals surface area contributed by atoms with E-state index in [2.05, 4.69) is 21.2 Å². The Bertz CT molecular complexity index is 662. The highest BCUT2D eigenvalue weighted by Gasteiger charge is 2.52. The zero-order valence-electron chi connectivity index (χ0n) is 13.5. The van der Waals surface area contributed by atoms with Gasteiger partial charge in [-0.25, -0.2) is 9.59 Å². The normalized spacial score (nSPS) is 25.4. The minimum Gasteiger partial charge on any atom is -0.465 e. The Balaban J connectivity index is 1.65. The third-order valence-electron chi connectivity index (χ3n) is 5.04.